The summed E-state index contributed by atoms with van der Waals surface area (Å²) < 4.78 is 12.8. The number of rotatable bonds is 4. The van der Waals surface area contributed by atoms with Crippen molar-refractivity contribution in [3.05, 3.63) is 53.7 Å². The van der Waals surface area contributed by atoms with Gasteiger partial charge in [0.1, 0.15) is 11.4 Å². The number of methoxy groups -OCH3 is 1. The fourth-order valence-corrected chi connectivity index (χ4v) is 3.58. The molecule has 0 fully saturated rings. The first kappa shape index (κ1) is 14.0. The molecule has 6 heteroatoms. The number of imidazole rings is 1. The highest BCUT2D eigenvalue weighted by molar-refractivity contribution is 7.15. The summed E-state index contributed by atoms with van der Waals surface area (Å²) in [4.78, 5) is 5.66. The molecule has 1 aromatic carbocycles. The molecular weight excluding hydrogens is 310 g/mol. The van der Waals surface area contributed by atoms with Crippen molar-refractivity contribution in [3.8, 4) is 28.5 Å². The molecule has 5 nitrogen and oxygen atoms in total. The molecular formula is C17H15N3O2S. The van der Waals surface area contributed by atoms with E-state index in [-0.39, 0.29) is 0 Å². The van der Waals surface area contributed by atoms with Crippen LogP contribution in [0.3, 0.4) is 0 Å². The zero-order valence-corrected chi connectivity index (χ0v) is 13.3. The largest absolute Gasteiger partial charge is 0.497 e. The van der Waals surface area contributed by atoms with E-state index in [9.17, 15) is 0 Å². The van der Waals surface area contributed by atoms with Crippen LogP contribution < -0.4 is 10.5 Å². The second-order valence-electron chi connectivity index (χ2n) is 5.06. The summed E-state index contributed by atoms with van der Waals surface area (Å²) in [5, 5.41) is 2.04. The summed E-state index contributed by atoms with van der Waals surface area (Å²) in [6.45, 7) is 0.396. The molecule has 0 saturated carbocycles. The van der Waals surface area contributed by atoms with E-state index in [0.717, 1.165) is 39.1 Å². The van der Waals surface area contributed by atoms with Crippen molar-refractivity contribution in [2.75, 3.05) is 7.11 Å². The molecule has 23 heavy (non-hydrogen) atoms. The standard InChI is InChI=1S/C17H15N3O2S/c1-21-12-6-4-11(5-7-12)16-13(9-18)20-14(10-23-17(20)19-16)15-3-2-8-22-15/h2-8,10H,9,18H2,1H3. The van der Waals surface area contributed by atoms with Crippen LogP contribution in [0.1, 0.15) is 5.69 Å². The van der Waals surface area contributed by atoms with Gasteiger partial charge in [0.05, 0.1) is 24.8 Å². The predicted octanol–water partition coefficient (Wildman–Crippen LogP) is 3.79. The van der Waals surface area contributed by atoms with Crippen molar-refractivity contribution in [2.24, 2.45) is 5.73 Å². The van der Waals surface area contributed by atoms with Crippen LogP contribution in [0.2, 0.25) is 0 Å². The quantitative estimate of drug-likeness (QED) is 0.620. The molecule has 0 amide bonds. The minimum absolute atomic E-state index is 0.396. The third-order valence-electron chi connectivity index (χ3n) is 3.79. The van der Waals surface area contributed by atoms with Gasteiger partial charge in [-0.05, 0) is 36.4 Å². The Kier molecular flexibility index (Phi) is 3.40. The molecule has 3 aromatic heterocycles. The van der Waals surface area contributed by atoms with Gasteiger partial charge in [0.2, 0.25) is 0 Å². The first-order chi connectivity index (χ1) is 11.3. The lowest BCUT2D eigenvalue weighted by Gasteiger charge is -2.05. The molecule has 0 saturated heterocycles. The van der Waals surface area contributed by atoms with E-state index in [2.05, 4.69) is 4.40 Å². The summed E-state index contributed by atoms with van der Waals surface area (Å²) >= 11 is 1.58. The molecule has 0 aliphatic carbocycles. The smallest absolute Gasteiger partial charge is 0.195 e. The van der Waals surface area contributed by atoms with Crippen molar-refractivity contribution < 1.29 is 9.15 Å². The van der Waals surface area contributed by atoms with Crippen LogP contribution in [0.15, 0.2) is 52.5 Å². The van der Waals surface area contributed by atoms with E-state index in [1.54, 1.807) is 24.7 Å². The number of aromatic nitrogens is 2. The van der Waals surface area contributed by atoms with Crippen LogP contribution in [0.4, 0.5) is 0 Å². The molecule has 0 radical (unpaired) electrons. The number of ether oxygens (including phenoxy) is 1. The maximum atomic E-state index is 6.02. The second kappa shape index (κ2) is 5.57. The van der Waals surface area contributed by atoms with Gasteiger partial charge >= 0.3 is 0 Å². The van der Waals surface area contributed by atoms with E-state index >= 15 is 0 Å². The lowest BCUT2D eigenvalue weighted by Crippen LogP contribution is -2.03. The Labute approximate surface area is 137 Å². The van der Waals surface area contributed by atoms with E-state index < -0.39 is 0 Å². The number of fused-ring (bicyclic) bond motifs is 1. The van der Waals surface area contributed by atoms with Gasteiger partial charge in [0.25, 0.3) is 0 Å². The Balaban J connectivity index is 1.90. The number of hydrogen-bond acceptors (Lipinski definition) is 5. The van der Waals surface area contributed by atoms with Gasteiger partial charge in [-0.2, -0.15) is 0 Å². The van der Waals surface area contributed by atoms with Crippen LogP contribution in [0.5, 0.6) is 5.75 Å². The van der Waals surface area contributed by atoms with E-state index in [4.69, 9.17) is 19.9 Å². The predicted molar refractivity (Wildman–Crippen MR) is 90.7 cm³/mol. The number of thiazole rings is 1. The number of hydrogen-bond donors (Lipinski definition) is 1. The lowest BCUT2D eigenvalue weighted by molar-refractivity contribution is 0.415. The second-order valence-corrected chi connectivity index (χ2v) is 5.89. The summed E-state index contributed by atoms with van der Waals surface area (Å²) in [5.74, 6) is 1.63. The Morgan fingerprint density at radius 2 is 2.09 bits per heavy atom. The molecule has 0 unspecified atom stereocenters. The topological polar surface area (TPSA) is 65.7 Å². The summed E-state index contributed by atoms with van der Waals surface area (Å²) in [7, 11) is 1.66. The van der Waals surface area contributed by atoms with Gasteiger partial charge in [-0.25, -0.2) is 4.98 Å². The number of nitrogens with zero attached hydrogens (tertiary/aromatic N) is 2. The maximum absolute atomic E-state index is 6.02. The first-order valence-corrected chi connectivity index (χ1v) is 8.07. The average molecular weight is 325 g/mol. The molecule has 0 bridgehead atoms. The van der Waals surface area contributed by atoms with Crippen LogP contribution in [-0.2, 0) is 6.54 Å². The first-order valence-electron chi connectivity index (χ1n) is 7.19. The van der Waals surface area contributed by atoms with Crippen LogP contribution in [0.25, 0.3) is 27.7 Å². The number of benzene rings is 1. The summed E-state index contributed by atoms with van der Waals surface area (Å²) in [5.41, 5.74) is 9.89. The normalized spacial score (nSPS) is 11.2. The molecule has 0 aliphatic heterocycles. The molecule has 3 heterocycles. The minimum atomic E-state index is 0.396. The van der Waals surface area contributed by atoms with Gasteiger partial charge in [-0.1, -0.05) is 0 Å². The van der Waals surface area contributed by atoms with Crippen LogP contribution in [0, 0.1) is 0 Å². The maximum Gasteiger partial charge on any atom is 0.195 e. The molecule has 0 aliphatic rings. The highest BCUT2D eigenvalue weighted by atomic mass is 32.1. The van der Waals surface area contributed by atoms with E-state index in [1.807, 2.05) is 41.8 Å². The van der Waals surface area contributed by atoms with Gasteiger partial charge in [0, 0.05) is 17.5 Å². The van der Waals surface area contributed by atoms with Gasteiger partial charge in [-0.3, -0.25) is 4.40 Å². The monoisotopic (exact) mass is 325 g/mol. The van der Waals surface area contributed by atoms with Crippen LogP contribution in [-0.4, -0.2) is 16.5 Å². The fraction of sp³-hybridized carbons (Fsp3) is 0.118. The van der Waals surface area contributed by atoms with Crippen molar-refractivity contribution in [2.45, 2.75) is 6.54 Å². The van der Waals surface area contributed by atoms with Gasteiger partial charge in [0.15, 0.2) is 10.7 Å². The third kappa shape index (κ3) is 2.23. The summed E-state index contributed by atoms with van der Waals surface area (Å²) in [6, 6.07) is 11.7. The zero-order chi connectivity index (χ0) is 15.8. The minimum Gasteiger partial charge on any atom is -0.497 e. The van der Waals surface area contributed by atoms with Crippen LogP contribution >= 0.6 is 11.3 Å². The van der Waals surface area contributed by atoms with E-state index in [0.29, 0.717) is 6.54 Å². The number of furan rings is 1. The highest BCUT2D eigenvalue weighted by Gasteiger charge is 2.18. The third-order valence-corrected chi connectivity index (χ3v) is 4.62. The Morgan fingerprint density at radius 1 is 1.26 bits per heavy atom. The van der Waals surface area contributed by atoms with Crippen molar-refractivity contribution >= 4 is 16.3 Å². The molecule has 0 spiro atoms. The van der Waals surface area contributed by atoms with Crippen molar-refractivity contribution in [1.82, 2.24) is 9.38 Å². The van der Waals surface area contributed by atoms with E-state index in [1.165, 1.54) is 0 Å². The van der Waals surface area contributed by atoms with Gasteiger partial charge in [-0.15, -0.1) is 11.3 Å². The fourth-order valence-electron chi connectivity index (χ4n) is 2.68. The zero-order valence-electron chi connectivity index (χ0n) is 12.5. The molecule has 4 rings (SSSR count). The Morgan fingerprint density at radius 3 is 2.74 bits per heavy atom. The molecule has 2 N–H and O–H groups in total. The SMILES string of the molecule is COc1ccc(-c2nc3scc(-c4ccco4)n3c2CN)cc1. The number of nitrogens with two attached hydrogens (primary N) is 1. The van der Waals surface area contributed by atoms with Crippen molar-refractivity contribution in [1.29, 1.82) is 0 Å². The Hall–Kier alpha value is -2.57. The highest BCUT2D eigenvalue weighted by Crippen LogP contribution is 2.33. The molecule has 4 aromatic rings. The van der Waals surface area contributed by atoms with Crippen molar-refractivity contribution in [3.63, 3.8) is 0 Å². The molecule has 116 valence electrons. The lowest BCUT2D eigenvalue weighted by atomic mass is 10.1. The van der Waals surface area contributed by atoms with Gasteiger partial charge < -0.3 is 14.9 Å². The molecule has 0 atom stereocenters. The summed E-state index contributed by atoms with van der Waals surface area (Å²) in [6.07, 6.45) is 1.67. The average Bonchev–Trinajstić information content (AvgIpc) is 3.30. The Bertz CT molecular complexity index is 936.